The number of nitrogens with zero attached hydrogens (tertiary/aromatic N) is 2. The Balaban J connectivity index is 1.63. The molecule has 3 aliphatic carbocycles. The second-order valence-electron chi connectivity index (χ2n) is 6.44. The van der Waals surface area contributed by atoms with E-state index in [1.807, 2.05) is 0 Å². The highest BCUT2D eigenvalue weighted by Crippen LogP contribution is 2.49. The quantitative estimate of drug-likeness (QED) is 0.460. The molecule has 0 spiro atoms. The predicted molar refractivity (Wildman–Crippen MR) is 89.3 cm³/mol. The van der Waals surface area contributed by atoms with Crippen LogP contribution >= 0.6 is 15.9 Å². The van der Waals surface area contributed by atoms with E-state index < -0.39 is 0 Å². The number of halogens is 1. The number of carbonyl (C=O) groups excluding carboxylic acids is 2. The Morgan fingerprint density at radius 3 is 2.17 bits per heavy atom. The number of amides is 2. The van der Waals surface area contributed by atoms with Crippen LogP contribution < -0.4 is 0 Å². The Morgan fingerprint density at radius 2 is 1.62 bits per heavy atom. The number of carbonyl (C=O) groups is 2. The first-order valence-electron chi connectivity index (χ1n) is 7.79. The van der Waals surface area contributed by atoms with Gasteiger partial charge in [-0.3, -0.25) is 9.59 Å². The number of benzene rings is 1. The van der Waals surface area contributed by atoms with Crippen molar-refractivity contribution in [1.29, 1.82) is 0 Å². The van der Waals surface area contributed by atoms with Crippen LogP contribution in [0.5, 0.6) is 11.5 Å². The van der Waals surface area contributed by atoms with Crippen LogP contribution in [0.3, 0.4) is 0 Å². The molecule has 2 fully saturated rings. The zero-order chi connectivity index (χ0) is 17.0. The summed E-state index contributed by atoms with van der Waals surface area (Å²) >= 11 is 3.15. The fraction of sp³-hybridized carbons (Fsp3) is 0.353. The van der Waals surface area contributed by atoms with E-state index in [1.165, 1.54) is 18.3 Å². The molecule has 5 rings (SSSR count). The van der Waals surface area contributed by atoms with Crippen molar-refractivity contribution in [2.45, 2.75) is 12.8 Å². The summed E-state index contributed by atoms with van der Waals surface area (Å²) in [5.41, 5.74) is 0.302. The standard InChI is InChI=1S/C17H15BrN2O4/c18-11-5-10(12(21)6-13(11)22)7-19-20-16(23)14-8-1-2-9(4-3-8)15(14)17(20)24/h1-2,5-9,14-15,21-22H,3-4H2/b19-7+. The smallest absolute Gasteiger partial charge is 0.254 e. The van der Waals surface area contributed by atoms with Gasteiger partial charge in [-0.2, -0.15) is 10.1 Å². The lowest BCUT2D eigenvalue weighted by atomic mass is 9.63. The Morgan fingerprint density at radius 1 is 1.04 bits per heavy atom. The lowest BCUT2D eigenvalue weighted by Crippen LogP contribution is -2.38. The van der Waals surface area contributed by atoms with Crippen LogP contribution in [0.4, 0.5) is 0 Å². The molecule has 1 aromatic carbocycles. The van der Waals surface area contributed by atoms with Gasteiger partial charge in [-0.05, 0) is 46.7 Å². The highest BCUT2D eigenvalue weighted by atomic mass is 79.9. The number of phenolic OH excluding ortho intramolecular Hbond substituents is 2. The Kier molecular flexibility index (Phi) is 3.49. The number of hydrazone groups is 1. The molecule has 2 N–H and O–H groups in total. The van der Waals surface area contributed by atoms with E-state index in [0.717, 1.165) is 17.9 Å². The normalized spacial score (nSPS) is 31.3. The molecule has 1 saturated carbocycles. The van der Waals surface area contributed by atoms with Crippen molar-refractivity contribution >= 4 is 34.0 Å². The number of aromatic hydroxyl groups is 2. The van der Waals surface area contributed by atoms with Crippen LogP contribution in [0.25, 0.3) is 0 Å². The summed E-state index contributed by atoms with van der Waals surface area (Å²) in [6, 6.07) is 2.64. The van der Waals surface area contributed by atoms with E-state index in [4.69, 9.17) is 0 Å². The topological polar surface area (TPSA) is 90.2 Å². The second-order valence-corrected chi connectivity index (χ2v) is 7.29. The molecule has 2 amide bonds. The first-order chi connectivity index (χ1) is 11.5. The van der Waals surface area contributed by atoms with Crippen molar-refractivity contribution in [1.82, 2.24) is 5.01 Å². The molecule has 0 radical (unpaired) electrons. The van der Waals surface area contributed by atoms with Gasteiger partial charge in [0.1, 0.15) is 11.5 Å². The number of imide groups is 1. The van der Waals surface area contributed by atoms with Gasteiger partial charge in [0.15, 0.2) is 0 Å². The van der Waals surface area contributed by atoms with E-state index in [-0.39, 0.29) is 47.0 Å². The molecule has 4 atom stereocenters. The maximum Gasteiger partial charge on any atom is 0.254 e. The second kappa shape index (κ2) is 5.44. The third kappa shape index (κ3) is 2.18. The van der Waals surface area contributed by atoms with E-state index in [2.05, 4.69) is 33.2 Å². The molecule has 2 bridgehead atoms. The van der Waals surface area contributed by atoms with E-state index in [1.54, 1.807) is 0 Å². The summed E-state index contributed by atoms with van der Waals surface area (Å²) in [5, 5.41) is 24.3. The van der Waals surface area contributed by atoms with E-state index >= 15 is 0 Å². The molecule has 0 aromatic heterocycles. The minimum atomic E-state index is -0.307. The van der Waals surface area contributed by atoms with Crippen molar-refractivity contribution < 1.29 is 19.8 Å². The fourth-order valence-corrected chi connectivity index (χ4v) is 4.32. The van der Waals surface area contributed by atoms with Crippen molar-refractivity contribution in [2.24, 2.45) is 28.8 Å². The maximum absolute atomic E-state index is 12.6. The van der Waals surface area contributed by atoms with Crippen LogP contribution in [-0.4, -0.2) is 33.3 Å². The van der Waals surface area contributed by atoms with E-state index in [9.17, 15) is 19.8 Å². The highest BCUT2D eigenvalue weighted by molar-refractivity contribution is 9.10. The van der Waals surface area contributed by atoms with Crippen LogP contribution in [-0.2, 0) is 9.59 Å². The fourth-order valence-electron chi connectivity index (χ4n) is 3.96. The molecule has 1 heterocycles. The molecule has 1 aliphatic heterocycles. The number of rotatable bonds is 2. The number of phenols is 2. The molecule has 24 heavy (non-hydrogen) atoms. The third-order valence-electron chi connectivity index (χ3n) is 5.14. The van der Waals surface area contributed by atoms with Crippen molar-refractivity contribution in [3.63, 3.8) is 0 Å². The minimum Gasteiger partial charge on any atom is -0.507 e. The number of fused-ring (bicyclic) bond motifs is 1. The summed E-state index contributed by atoms with van der Waals surface area (Å²) in [6.07, 6.45) is 7.24. The van der Waals surface area contributed by atoms with Crippen LogP contribution in [0.15, 0.2) is 33.9 Å². The van der Waals surface area contributed by atoms with Crippen molar-refractivity contribution in [2.75, 3.05) is 0 Å². The highest BCUT2D eigenvalue weighted by Gasteiger charge is 2.56. The Bertz CT molecular complexity index is 772. The van der Waals surface area contributed by atoms with Crippen LogP contribution in [0.1, 0.15) is 18.4 Å². The average Bonchev–Trinajstić information content (AvgIpc) is 2.84. The van der Waals surface area contributed by atoms with Crippen molar-refractivity contribution in [3.8, 4) is 11.5 Å². The van der Waals surface area contributed by atoms with Gasteiger partial charge in [-0.15, -0.1) is 0 Å². The predicted octanol–water partition coefficient (Wildman–Crippen LogP) is 2.39. The van der Waals surface area contributed by atoms with Gasteiger partial charge >= 0.3 is 0 Å². The zero-order valence-electron chi connectivity index (χ0n) is 12.6. The third-order valence-corrected chi connectivity index (χ3v) is 5.78. The summed E-state index contributed by atoms with van der Waals surface area (Å²) < 4.78 is 0.386. The molecule has 1 saturated heterocycles. The molecule has 124 valence electrons. The lowest BCUT2D eigenvalue weighted by molar-refractivity contribution is -0.140. The van der Waals surface area contributed by atoms with Gasteiger partial charge in [0.2, 0.25) is 0 Å². The first kappa shape index (κ1) is 15.4. The average molecular weight is 391 g/mol. The van der Waals surface area contributed by atoms with Gasteiger partial charge in [0.25, 0.3) is 11.8 Å². The molecular formula is C17H15BrN2O4. The largest absolute Gasteiger partial charge is 0.507 e. The molecule has 7 heteroatoms. The van der Waals surface area contributed by atoms with Gasteiger partial charge in [-0.1, -0.05) is 12.2 Å². The first-order valence-corrected chi connectivity index (χ1v) is 8.58. The molecule has 6 nitrogen and oxygen atoms in total. The molecule has 4 aliphatic rings. The Labute approximate surface area is 146 Å². The summed E-state index contributed by atoms with van der Waals surface area (Å²) in [5.74, 6) is -1.20. The van der Waals surface area contributed by atoms with Crippen LogP contribution in [0.2, 0.25) is 0 Å². The zero-order valence-corrected chi connectivity index (χ0v) is 14.2. The molecule has 4 unspecified atom stereocenters. The van der Waals surface area contributed by atoms with Gasteiger partial charge in [-0.25, -0.2) is 0 Å². The lowest BCUT2D eigenvalue weighted by Gasteiger charge is -2.37. The molecule has 1 aromatic rings. The molecular weight excluding hydrogens is 376 g/mol. The van der Waals surface area contributed by atoms with Gasteiger partial charge < -0.3 is 10.2 Å². The number of allylic oxidation sites excluding steroid dienone is 2. The van der Waals surface area contributed by atoms with Crippen molar-refractivity contribution in [3.05, 3.63) is 34.3 Å². The van der Waals surface area contributed by atoms with Gasteiger partial charge in [0.05, 0.1) is 22.5 Å². The summed E-state index contributed by atoms with van der Waals surface area (Å²) in [6.45, 7) is 0. The van der Waals surface area contributed by atoms with Gasteiger partial charge in [0, 0.05) is 11.6 Å². The van der Waals surface area contributed by atoms with E-state index in [0.29, 0.717) is 10.0 Å². The Hall–Kier alpha value is -2.15. The number of hydrogen-bond donors (Lipinski definition) is 2. The van der Waals surface area contributed by atoms with Crippen LogP contribution in [0, 0.1) is 23.7 Å². The minimum absolute atomic E-state index is 0.105. The monoisotopic (exact) mass is 390 g/mol. The summed E-state index contributed by atoms with van der Waals surface area (Å²) in [7, 11) is 0. The number of hydrogen-bond acceptors (Lipinski definition) is 5. The SMILES string of the molecule is O=C1C2C3C=CC(CC3)C2C(=O)N1/N=C/c1cc(Br)c(O)cc1O. The maximum atomic E-state index is 12.6. The summed E-state index contributed by atoms with van der Waals surface area (Å²) in [4.78, 5) is 25.2.